The lowest BCUT2D eigenvalue weighted by Crippen LogP contribution is -2.22. The van der Waals surface area contributed by atoms with Gasteiger partial charge in [0.15, 0.2) is 6.61 Å². The van der Waals surface area contributed by atoms with Crippen LogP contribution in [0.25, 0.3) is 0 Å². The molecule has 0 saturated carbocycles. The maximum Gasteiger partial charge on any atom is 0.416 e. The number of halogens is 6. The summed E-state index contributed by atoms with van der Waals surface area (Å²) in [6.45, 7) is -0.941. The molecule has 0 atom stereocenters. The summed E-state index contributed by atoms with van der Waals surface area (Å²) in [7, 11) is 1.31. The van der Waals surface area contributed by atoms with Crippen molar-refractivity contribution < 1.29 is 45.4 Å². The van der Waals surface area contributed by atoms with Crippen LogP contribution >= 0.6 is 11.8 Å². The minimum absolute atomic E-state index is 0.00785. The number of esters is 1. The molecule has 2 rings (SSSR count). The number of rotatable bonds is 6. The lowest BCUT2D eigenvalue weighted by atomic mass is 10.1. The van der Waals surface area contributed by atoms with Crippen molar-refractivity contribution in [2.75, 3.05) is 25.3 Å². The number of hydrogen-bond acceptors (Lipinski definition) is 5. The van der Waals surface area contributed by atoms with Gasteiger partial charge in [-0.05, 0) is 42.7 Å². The summed E-state index contributed by atoms with van der Waals surface area (Å²) in [6, 6.07) is 5.18. The summed E-state index contributed by atoms with van der Waals surface area (Å²) in [4.78, 5) is 24.9. The van der Waals surface area contributed by atoms with Crippen LogP contribution in [0, 0.1) is 0 Å². The van der Waals surface area contributed by atoms with E-state index in [1.165, 1.54) is 24.9 Å². The maximum absolute atomic E-state index is 12.9. The molecule has 0 bridgehead atoms. The number of amides is 1. The second-order valence-electron chi connectivity index (χ2n) is 5.99. The van der Waals surface area contributed by atoms with Gasteiger partial charge in [0.2, 0.25) is 0 Å². The van der Waals surface area contributed by atoms with E-state index in [1.807, 2.05) is 5.32 Å². The number of carbonyl (C=O) groups is 2. The average molecular weight is 467 g/mol. The molecule has 0 saturated heterocycles. The van der Waals surface area contributed by atoms with Gasteiger partial charge in [-0.2, -0.15) is 26.3 Å². The summed E-state index contributed by atoms with van der Waals surface area (Å²) < 4.78 is 87.1. The van der Waals surface area contributed by atoms with Gasteiger partial charge in [0, 0.05) is 10.6 Å². The Kier molecular flexibility index (Phi) is 7.47. The zero-order valence-corrected chi connectivity index (χ0v) is 16.8. The fourth-order valence-corrected chi connectivity index (χ4v) is 2.83. The van der Waals surface area contributed by atoms with Crippen molar-refractivity contribution in [2.45, 2.75) is 17.2 Å². The molecular formula is C19H15F6NO4S. The fourth-order valence-electron chi connectivity index (χ4n) is 2.40. The Hall–Kier alpha value is -2.89. The number of alkyl halides is 6. The van der Waals surface area contributed by atoms with E-state index in [1.54, 1.807) is 18.4 Å². The molecule has 0 heterocycles. The van der Waals surface area contributed by atoms with Crippen LogP contribution in [0.4, 0.5) is 32.0 Å². The van der Waals surface area contributed by atoms with Crippen LogP contribution in [-0.2, 0) is 21.9 Å². The smallest absolute Gasteiger partial charge is 0.416 e. The normalized spacial score (nSPS) is 11.7. The molecule has 168 valence electrons. The molecule has 0 spiro atoms. The summed E-state index contributed by atoms with van der Waals surface area (Å²) >= 11 is 1.39. The molecule has 2 aromatic carbocycles. The molecule has 2 aromatic rings. The van der Waals surface area contributed by atoms with E-state index in [-0.39, 0.29) is 17.4 Å². The quantitative estimate of drug-likeness (QED) is 0.357. The van der Waals surface area contributed by atoms with E-state index in [9.17, 15) is 35.9 Å². The Bertz CT molecular complexity index is 943. The second kappa shape index (κ2) is 9.50. The van der Waals surface area contributed by atoms with Crippen LogP contribution in [0.5, 0.6) is 5.75 Å². The molecule has 5 nitrogen and oxygen atoms in total. The van der Waals surface area contributed by atoms with E-state index < -0.39 is 47.7 Å². The predicted molar refractivity (Wildman–Crippen MR) is 100 cm³/mol. The standard InChI is InChI=1S/C19H15F6NO4S/c1-29-15-8-13(31-2)3-4-14(15)17(28)30-9-16(27)26-12-6-10(18(20,21)22)5-11(7-12)19(23,24)25/h3-8H,9H2,1-2H3,(H,26,27). The third-order valence-corrected chi connectivity index (χ3v) is 4.56. The molecule has 12 heteroatoms. The first-order valence-corrected chi connectivity index (χ1v) is 9.56. The van der Waals surface area contributed by atoms with Gasteiger partial charge in [-0.1, -0.05) is 0 Å². The summed E-state index contributed by atoms with van der Waals surface area (Å²) in [5.41, 5.74) is -3.93. The molecule has 0 unspecified atom stereocenters. The molecule has 0 aliphatic carbocycles. The van der Waals surface area contributed by atoms with Crippen molar-refractivity contribution in [1.82, 2.24) is 0 Å². The van der Waals surface area contributed by atoms with E-state index in [0.29, 0.717) is 12.1 Å². The van der Waals surface area contributed by atoms with Gasteiger partial charge in [0.05, 0.1) is 18.2 Å². The first-order chi connectivity index (χ1) is 14.3. The highest BCUT2D eigenvalue weighted by atomic mass is 32.2. The first kappa shape index (κ1) is 24.4. The molecule has 31 heavy (non-hydrogen) atoms. The molecule has 0 aliphatic heterocycles. The lowest BCUT2D eigenvalue weighted by Gasteiger charge is -2.15. The van der Waals surface area contributed by atoms with Crippen LogP contribution in [0.3, 0.4) is 0 Å². The van der Waals surface area contributed by atoms with Crippen molar-refractivity contribution in [2.24, 2.45) is 0 Å². The van der Waals surface area contributed by atoms with E-state index in [2.05, 4.69) is 0 Å². The summed E-state index contributed by atoms with van der Waals surface area (Å²) in [6.07, 6.45) is -8.32. The van der Waals surface area contributed by atoms with Crippen LogP contribution in [0.2, 0.25) is 0 Å². The van der Waals surface area contributed by atoms with Gasteiger partial charge in [0.25, 0.3) is 5.91 Å². The topological polar surface area (TPSA) is 64.6 Å². The van der Waals surface area contributed by atoms with Crippen LogP contribution in [0.1, 0.15) is 21.5 Å². The number of carbonyl (C=O) groups excluding carboxylic acids is 2. The fraction of sp³-hybridized carbons (Fsp3) is 0.263. The Balaban J connectivity index is 2.13. The minimum atomic E-state index is -5.06. The number of benzene rings is 2. The molecule has 1 N–H and O–H groups in total. The monoisotopic (exact) mass is 467 g/mol. The van der Waals surface area contributed by atoms with Crippen molar-refractivity contribution in [3.8, 4) is 5.75 Å². The molecule has 1 amide bonds. The van der Waals surface area contributed by atoms with Crippen molar-refractivity contribution >= 4 is 29.3 Å². The van der Waals surface area contributed by atoms with Gasteiger partial charge >= 0.3 is 18.3 Å². The van der Waals surface area contributed by atoms with Gasteiger partial charge in [-0.3, -0.25) is 4.79 Å². The van der Waals surface area contributed by atoms with Crippen molar-refractivity contribution in [3.05, 3.63) is 53.1 Å². The maximum atomic E-state index is 12.9. The lowest BCUT2D eigenvalue weighted by molar-refractivity contribution is -0.143. The predicted octanol–water partition coefficient (Wildman–Crippen LogP) is 5.25. The van der Waals surface area contributed by atoms with Gasteiger partial charge in [-0.15, -0.1) is 11.8 Å². The van der Waals surface area contributed by atoms with Crippen LogP contribution in [0.15, 0.2) is 41.3 Å². The van der Waals surface area contributed by atoms with Gasteiger partial charge in [0.1, 0.15) is 11.3 Å². The van der Waals surface area contributed by atoms with Crippen LogP contribution in [-0.4, -0.2) is 31.8 Å². The van der Waals surface area contributed by atoms with Crippen molar-refractivity contribution in [3.63, 3.8) is 0 Å². The highest BCUT2D eigenvalue weighted by Gasteiger charge is 2.37. The Labute approximate surface area is 176 Å². The SMILES string of the molecule is COc1cc(SC)ccc1C(=O)OCC(=O)Nc1cc(C(F)(F)F)cc(C(F)(F)F)c1. The van der Waals surface area contributed by atoms with Crippen molar-refractivity contribution in [1.29, 1.82) is 0 Å². The molecular weight excluding hydrogens is 452 g/mol. The number of nitrogens with one attached hydrogen (secondary N) is 1. The number of anilines is 1. The number of ether oxygens (including phenoxy) is 2. The molecule has 0 aliphatic rings. The Morgan fingerprint density at radius 2 is 1.55 bits per heavy atom. The Morgan fingerprint density at radius 3 is 2.03 bits per heavy atom. The zero-order valence-electron chi connectivity index (χ0n) is 16.0. The number of hydrogen-bond donors (Lipinski definition) is 1. The number of methoxy groups -OCH3 is 1. The first-order valence-electron chi connectivity index (χ1n) is 8.33. The molecule has 0 aromatic heterocycles. The molecule has 0 fully saturated rings. The third-order valence-electron chi connectivity index (χ3n) is 3.83. The summed E-state index contributed by atoms with van der Waals surface area (Å²) in [5.74, 6) is -1.91. The largest absolute Gasteiger partial charge is 0.496 e. The third kappa shape index (κ3) is 6.54. The highest BCUT2D eigenvalue weighted by molar-refractivity contribution is 7.98. The molecule has 0 radical (unpaired) electrons. The Morgan fingerprint density at radius 1 is 0.968 bits per heavy atom. The van der Waals surface area contributed by atoms with E-state index >= 15 is 0 Å². The van der Waals surface area contributed by atoms with Gasteiger partial charge < -0.3 is 14.8 Å². The van der Waals surface area contributed by atoms with Crippen LogP contribution < -0.4 is 10.1 Å². The van der Waals surface area contributed by atoms with E-state index in [4.69, 9.17) is 9.47 Å². The van der Waals surface area contributed by atoms with E-state index in [0.717, 1.165) is 4.90 Å². The zero-order chi connectivity index (χ0) is 23.4. The second-order valence-corrected chi connectivity index (χ2v) is 6.86. The summed E-state index contributed by atoms with van der Waals surface area (Å²) in [5, 5.41) is 1.87. The highest BCUT2D eigenvalue weighted by Crippen LogP contribution is 2.37. The average Bonchev–Trinajstić information content (AvgIpc) is 2.69. The minimum Gasteiger partial charge on any atom is -0.496 e. The number of thioether (sulfide) groups is 1. The van der Waals surface area contributed by atoms with Gasteiger partial charge in [-0.25, -0.2) is 4.79 Å².